The van der Waals surface area contributed by atoms with Gasteiger partial charge < -0.3 is 10.1 Å². The third-order valence-corrected chi connectivity index (χ3v) is 7.68. The molecule has 3 aromatic rings. The number of carbonyl (C=O) groups excluding carboxylic acids is 1. The topological polar surface area (TPSA) is 75.7 Å². The molecule has 6 nitrogen and oxygen atoms in total. The summed E-state index contributed by atoms with van der Waals surface area (Å²) in [5, 5.41) is 3.24. The molecule has 34 heavy (non-hydrogen) atoms. The van der Waals surface area contributed by atoms with Crippen molar-refractivity contribution in [2.45, 2.75) is 36.7 Å². The summed E-state index contributed by atoms with van der Waals surface area (Å²) in [5.41, 5.74) is 0.647. The van der Waals surface area contributed by atoms with Gasteiger partial charge in [-0.1, -0.05) is 23.7 Å². The van der Waals surface area contributed by atoms with E-state index in [1.165, 1.54) is 52.8 Å². The van der Waals surface area contributed by atoms with Crippen LogP contribution in [0.3, 0.4) is 0 Å². The smallest absolute Gasteiger partial charge is 0.244 e. The molecule has 3 aromatic carbocycles. The lowest BCUT2D eigenvalue weighted by Gasteiger charge is -2.29. The first-order chi connectivity index (χ1) is 16.3. The summed E-state index contributed by atoms with van der Waals surface area (Å²) in [6.07, 6.45) is 1.94. The van der Waals surface area contributed by atoms with Gasteiger partial charge >= 0.3 is 0 Å². The Labute approximate surface area is 203 Å². The molecule has 1 saturated heterocycles. The van der Waals surface area contributed by atoms with Gasteiger partial charge in [0.15, 0.2) is 0 Å². The number of nitrogens with one attached hydrogen (secondary N) is 1. The van der Waals surface area contributed by atoms with Gasteiger partial charge in [0.25, 0.3) is 0 Å². The van der Waals surface area contributed by atoms with Gasteiger partial charge in [0, 0.05) is 18.1 Å². The molecular formula is C25H24ClFN2O4S. The summed E-state index contributed by atoms with van der Waals surface area (Å²) >= 11 is 5.95. The Morgan fingerprint density at radius 1 is 1.00 bits per heavy atom. The number of amides is 1. The van der Waals surface area contributed by atoms with E-state index in [0.29, 0.717) is 35.1 Å². The van der Waals surface area contributed by atoms with Crippen LogP contribution < -0.4 is 10.1 Å². The Bertz CT molecular complexity index is 1250. The fraction of sp³-hybridized carbons (Fsp3) is 0.240. The van der Waals surface area contributed by atoms with Crippen molar-refractivity contribution in [1.82, 2.24) is 9.62 Å². The third kappa shape index (κ3) is 5.75. The minimum absolute atomic E-state index is 0.0241. The molecule has 1 aliphatic heterocycles. The number of halogens is 2. The van der Waals surface area contributed by atoms with E-state index in [0.717, 1.165) is 12.8 Å². The second kappa shape index (κ2) is 10.5. The van der Waals surface area contributed by atoms with Crippen molar-refractivity contribution in [1.29, 1.82) is 0 Å². The summed E-state index contributed by atoms with van der Waals surface area (Å²) in [6.45, 7) is 0.495. The fourth-order valence-corrected chi connectivity index (χ4v) is 5.56. The zero-order valence-electron chi connectivity index (χ0n) is 18.3. The van der Waals surface area contributed by atoms with Crippen LogP contribution in [-0.4, -0.2) is 31.2 Å². The average Bonchev–Trinajstić information content (AvgIpc) is 3.03. The van der Waals surface area contributed by atoms with E-state index in [1.807, 2.05) is 0 Å². The van der Waals surface area contributed by atoms with Gasteiger partial charge in [0.05, 0.1) is 4.90 Å². The number of carbonyl (C=O) groups is 1. The molecule has 0 aromatic heterocycles. The standard InChI is InChI=1S/C25H24ClFN2O4S/c26-19-7-13-23(14-8-19)34(31,32)29(24-6-1-2-15-28-25(24)30)17-18-4-3-5-22(16-18)33-21-11-9-20(27)10-12-21/h3-5,7-14,16,24H,1-2,6,15,17H2,(H,28,30)/t24-/m1/s1. The SMILES string of the molecule is O=C1NCCCC[C@H]1N(Cc1cccc(Oc2ccc(F)cc2)c1)S(=O)(=O)c1ccc(Cl)cc1. The predicted molar refractivity (Wildman–Crippen MR) is 128 cm³/mol. The first-order valence-corrected chi connectivity index (χ1v) is 12.7. The molecule has 1 heterocycles. The Morgan fingerprint density at radius 2 is 1.74 bits per heavy atom. The zero-order chi connectivity index (χ0) is 24.1. The highest BCUT2D eigenvalue weighted by molar-refractivity contribution is 7.89. The van der Waals surface area contributed by atoms with E-state index >= 15 is 0 Å². The third-order valence-electron chi connectivity index (χ3n) is 5.56. The van der Waals surface area contributed by atoms with Gasteiger partial charge in [-0.15, -0.1) is 0 Å². The van der Waals surface area contributed by atoms with Crippen LogP contribution in [0, 0.1) is 5.82 Å². The van der Waals surface area contributed by atoms with Gasteiger partial charge in [-0.3, -0.25) is 4.79 Å². The molecule has 178 valence electrons. The van der Waals surface area contributed by atoms with Crippen LogP contribution >= 0.6 is 11.6 Å². The van der Waals surface area contributed by atoms with Crippen LogP contribution in [-0.2, 0) is 21.4 Å². The highest BCUT2D eigenvalue weighted by Crippen LogP contribution is 2.28. The molecule has 1 aliphatic rings. The van der Waals surface area contributed by atoms with E-state index in [-0.39, 0.29) is 23.2 Å². The summed E-state index contributed by atoms with van der Waals surface area (Å²) in [4.78, 5) is 12.9. The van der Waals surface area contributed by atoms with Crippen molar-refractivity contribution in [2.24, 2.45) is 0 Å². The Balaban J connectivity index is 1.66. The number of benzene rings is 3. The van der Waals surface area contributed by atoms with E-state index < -0.39 is 16.1 Å². The van der Waals surface area contributed by atoms with Gasteiger partial charge in [0.2, 0.25) is 15.9 Å². The van der Waals surface area contributed by atoms with E-state index in [4.69, 9.17) is 16.3 Å². The average molecular weight is 503 g/mol. The second-order valence-electron chi connectivity index (χ2n) is 8.01. The molecule has 4 rings (SSSR count). The molecule has 1 amide bonds. The number of hydrogen-bond donors (Lipinski definition) is 1. The monoisotopic (exact) mass is 502 g/mol. The normalized spacial score (nSPS) is 16.7. The lowest BCUT2D eigenvalue weighted by Crippen LogP contribution is -2.48. The van der Waals surface area contributed by atoms with Crippen LogP contribution in [0.5, 0.6) is 11.5 Å². The fourth-order valence-electron chi connectivity index (χ4n) is 3.83. The lowest BCUT2D eigenvalue weighted by molar-refractivity contribution is -0.124. The van der Waals surface area contributed by atoms with Gasteiger partial charge in [-0.25, -0.2) is 12.8 Å². The van der Waals surface area contributed by atoms with Gasteiger partial charge in [0.1, 0.15) is 23.4 Å². The zero-order valence-corrected chi connectivity index (χ0v) is 19.9. The van der Waals surface area contributed by atoms with E-state index in [2.05, 4.69) is 5.32 Å². The molecule has 0 radical (unpaired) electrons. The maximum atomic E-state index is 13.6. The number of nitrogens with zero attached hydrogens (tertiary/aromatic N) is 1. The number of rotatable bonds is 7. The molecule has 0 saturated carbocycles. The minimum atomic E-state index is -4.01. The second-order valence-corrected chi connectivity index (χ2v) is 10.3. The maximum Gasteiger partial charge on any atom is 0.244 e. The maximum absolute atomic E-state index is 13.6. The highest BCUT2D eigenvalue weighted by atomic mass is 35.5. The summed E-state index contributed by atoms with van der Waals surface area (Å²) in [5.74, 6) is 0.241. The number of ether oxygens (including phenoxy) is 1. The first kappa shape index (κ1) is 24.2. The molecule has 1 atom stereocenters. The molecular weight excluding hydrogens is 479 g/mol. The summed E-state index contributed by atoms with van der Waals surface area (Å²) in [7, 11) is -4.01. The van der Waals surface area contributed by atoms with Crippen molar-refractivity contribution < 1.29 is 22.3 Å². The van der Waals surface area contributed by atoms with E-state index in [1.54, 1.807) is 24.3 Å². The lowest BCUT2D eigenvalue weighted by atomic mass is 10.1. The Morgan fingerprint density at radius 3 is 2.47 bits per heavy atom. The highest BCUT2D eigenvalue weighted by Gasteiger charge is 2.36. The molecule has 0 bridgehead atoms. The van der Waals surface area contributed by atoms with Gasteiger partial charge in [-0.05, 0) is 85.5 Å². The summed E-state index contributed by atoms with van der Waals surface area (Å²) in [6, 6.07) is 17.6. The molecule has 1 N–H and O–H groups in total. The number of hydrogen-bond acceptors (Lipinski definition) is 4. The van der Waals surface area contributed by atoms with Crippen molar-refractivity contribution in [2.75, 3.05) is 6.54 Å². The van der Waals surface area contributed by atoms with Crippen LogP contribution in [0.4, 0.5) is 4.39 Å². The molecule has 0 aliphatic carbocycles. The Kier molecular flexibility index (Phi) is 7.50. The van der Waals surface area contributed by atoms with Crippen molar-refractivity contribution in [3.63, 3.8) is 0 Å². The molecule has 0 spiro atoms. The summed E-state index contributed by atoms with van der Waals surface area (Å²) < 4.78 is 47.5. The van der Waals surface area contributed by atoms with Crippen molar-refractivity contribution in [3.8, 4) is 11.5 Å². The van der Waals surface area contributed by atoms with Crippen LogP contribution in [0.25, 0.3) is 0 Å². The largest absolute Gasteiger partial charge is 0.457 e. The van der Waals surface area contributed by atoms with E-state index in [9.17, 15) is 17.6 Å². The molecule has 1 fully saturated rings. The van der Waals surface area contributed by atoms with Crippen LogP contribution in [0.15, 0.2) is 77.7 Å². The van der Waals surface area contributed by atoms with Crippen molar-refractivity contribution in [3.05, 3.63) is 89.2 Å². The van der Waals surface area contributed by atoms with Gasteiger partial charge in [-0.2, -0.15) is 4.31 Å². The first-order valence-electron chi connectivity index (χ1n) is 10.9. The van der Waals surface area contributed by atoms with Crippen LogP contribution in [0.2, 0.25) is 5.02 Å². The number of sulfonamides is 1. The van der Waals surface area contributed by atoms with Crippen LogP contribution in [0.1, 0.15) is 24.8 Å². The Hall–Kier alpha value is -2.94. The quantitative estimate of drug-likeness (QED) is 0.486. The molecule has 9 heteroatoms. The van der Waals surface area contributed by atoms with Crippen molar-refractivity contribution >= 4 is 27.5 Å². The predicted octanol–water partition coefficient (Wildman–Crippen LogP) is 5.13. The molecule has 0 unspecified atom stereocenters. The minimum Gasteiger partial charge on any atom is -0.457 e.